The molecule has 0 bridgehead atoms. The van der Waals surface area contributed by atoms with Crippen molar-refractivity contribution in [1.29, 1.82) is 0 Å². The van der Waals surface area contributed by atoms with E-state index >= 15 is 0 Å². The lowest BCUT2D eigenvalue weighted by molar-refractivity contribution is -0.137. The lowest BCUT2D eigenvalue weighted by Gasteiger charge is -2.21. The second-order valence-corrected chi connectivity index (χ2v) is 13.3. The Bertz CT molecular complexity index is 1280. The molecule has 0 aliphatic rings. The highest BCUT2D eigenvalue weighted by Crippen LogP contribution is 2.29. The zero-order valence-corrected chi connectivity index (χ0v) is 25.1. The summed E-state index contributed by atoms with van der Waals surface area (Å²) >= 11 is 1.42. The van der Waals surface area contributed by atoms with E-state index in [4.69, 9.17) is 5.11 Å². The number of aromatic nitrogens is 1. The van der Waals surface area contributed by atoms with Crippen LogP contribution in [-0.4, -0.2) is 48.6 Å². The summed E-state index contributed by atoms with van der Waals surface area (Å²) in [7, 11) is 0.0832. The maximum Gasteiger partial charge on any atom is 0.303 e. The Morgan fingerprint density at radius 2 is 1.62 bits per heavy atom. The summed E-state index contributed by atoms with van der Waals surface area (Å²) in [6, 6.07) is 17.3. The topological polar surface area (TPSA) is 90.8 Å². The number of hydrogen-bond acceptors (Lipinski definition) is 6. The molecule has 7 nitrogen and oxygen atoms in total. The summed E-state index contributed by atoms with van der Waals surface area (Å²) in [4.78, 5) is 17.6. The molecule has 39 heavy (non-hydrogen) atoms. The molecule has 3 aromatic rings. The van der Waals surface area contributed by atoms with Crippen LogP contribution in [0.25, 0.3) is 11.3 Å². The quantitative estimate of drug-likeness (QED) is 0.204. The highest BCUT2D eigenvalue weighted by atomic mass is 32.2. The molecule has 0 fully saturated rings. The third-order valence-corrected chi connectivity index (χ3v) is 9.64. The van der Waals surface area contributed by atoms with Gasteiger partial charge in [0.1, 0.15) is 5.01 Å². The van der Waals surface area contributed by atoms with Crippen LogP contribution in [0.3, 0.4) is 0 Å². The minimum absolute atomic E-state index is 0.0936. The first kappa shape index (κ1) is 30.8. The zero-order valence-electron chi connectivity index (χ0n) is 23.5. The van der Waals surface area contributed by atoms with E-state index in [1.165, 1.54) is 65.2 Å². The van der Waals surface area contributed by atoms with Crippen molar-refractivity contribution in [2.75, 3.05) is 24.7 Å². The fraction of sp³-hybridized carbons (Fsp3) is 0.467. The van der Waals surface area contributed by atoms with Gasteiger partial charge in [-0.1, -0.05) is 63.1 Å². The van der Waals surface area contributed by atoms with Crippen LogP contribution in [0.5, 0.6) is 0 Å². The molecule has 9 heteroatoms. The Hall–Kier alpha value is -2.75. The van der Waals surface area contributed by atoms with Crippen molar-refractivity contribution < 1.29 is 18.3 Å². The fourth-order valence-electron chi connectivity index (χ4n) is 4.69. The molecular weight excluding hydrogens is 530 g/mol. The highest BCUT2D eigenvalue weighted by molar-refractivity contribution is 7.89. The van der Waals surface area contributed by atoms with Crippen LogP contribution in [0.4, 0.5) is 5.69 Å². The number of thiazole rings is 1. The maximum atomic E-state index is 12.4. The summed E-state index contributed by atoms with van der Waals surface area (Å²) in [6.45, 7) is 5.47. The minimum Gasteiger partial charge on any atom is -0.481 e. The van der Waals surface area contributed by atoms with Crippen molar-refractivity contribution in [3.05, 3.63) is 70.0 Å². The summed E-state index contributed by atoms with van der Waals surface area (Å²) in [5, 5.41) is 11.4. The molecule has 1 aromatic heterocycles. The largest absolute Gasteiger partial charge is 0.481 e. The molecule has 0 saturated heterocycles. The molecule has 1 N–H and O–H groups in total. The van der Waals surface area contributed by atoms with Gasteiger partial charge in [0.25, 0.3) is 0 Å². The maximum absolute atomic E-state index is 12.4. The molecule has 0 radical (unpaired) electrons. The van der Waals surface area contributed by atoms with Crippen LogP contribution in [0, 0.1) is 0 Å². The number of rotatable bonds is 16. The molecule has 212 valence electrons. The number of benzene rings is 2. The van der Waals surface area contributed by atoms with E-state index in [0.29, 0.717) is 10.9 Å². The minimum atomic E-state index is -3.53. The second-order valence-electron chi connectivity index (χ2n) is 10.1. The number of nitrogens with zero attached hydrogens (tertiary/aromatic N) is 3. The molecule has 0 aliphatic heterocycles. The van der Waals surface area contributed by atoms with Gasteiger partial charge in [-0.15, -0.1) is 11.3 Å². The van der Waals surface area contributed by atoms with Crippen molar-refractivity contribution in [1.82, 2.24) is 9.29 Å². The number of carbonyl (C=O) groups is 1. The Balaban J connectivity index is 1.58. The molecule has 1 heterocycles. The Kier molecular flexibility index (Phi) is 11.5. The normalized spacial score (nSPS) is 11.8. The van der Waals surface area contributed by atoms with Crippen LogP contribution in [0.1, 0.15) is 74.4 Å². The second kappa shape index (κ2) is 14.6. The predicted molar refractivity (Wildman–Crippen MR) is 161 cm³/mol. The number of anilines is 1. The van der Waals surface area contributed by atoms with E-state index in [1.54, 1.807) is 0 Å². The third-order valence-electron chi connectivity index (χ3n) is 6.93. The number of carboxylic acids is 1. The average molecular weight is 572 g/mol. The summed E-state index contributed by atoms with van der Waals surface area (Å²) in [5.74, 6) is -0.537. The Morgan fingerprint density at radius 3 is 2.21 bits per heavy atom. The van der Waals surface area contributed by atoms with E-state index in [2.05, 4.69) is 79.3 Å². The molecule has 0 aliphatic carbocycles. The van der Waals surface area contributed by atoms with Gasteiger partial charge in [-0.2, -0.15) is 4.31 Å². The molecule has 0 saturated carbocycles. The van der Waals surface area contributed by atoms with Crippen molar-refractivity contribution in [2.24, 2.45) is 0 Å². The number of carboxylic acid groups (broad SMARTS) is 1. The smallest absolute Gasteiger partial charge is 0.303 e. The van der Waals surface area contributed by atoms with E-state index in [9.17, 15) is 13.2 Å². The van der Waals surface area contributed by atoms with Gasteiger partial charge < -0.3 is 10.0 Å². The molecule has 0 unspecified atom stereocenters. The summed E-state index contributed by atoms with van der Waals surface area (Å²) in [5.41, 5.74) is 5.63. The first-order valence-electron chi connectivity index (χ1n) is 13.6. The standard InChI is InChI=1S/C30H41N3O4S2/c1-5-8-24(9-6-2)25-15-17-27(18-16-25)32(3)20-23-11-13-26(14-12-23)28-22-38-29(31-28)21-33(4)39(36,37)19-7-10-30(34)35/h11-18,22,24H,5-10,19-21H2,1-4H3,(H,34,35). The van der Waals surface area contributed by atoms with Gasteiger partial charge in [0.2, 0.25) is 10.0 Å². The summed E-state index contributed by atoms with van der Waals surface area (Å²) < 4.78 is 26.1. The van der Waals surface area contributed by atoms with E-state index in [1.807, 2.05) is 5.38 Å². The molecular formula is C30H41N3O4S2. The van der Waals surface area contributed by atoms with Crippen molar-refractivity contribution in [2.45, 2.75) is 71.4 Å². The number of hydrogen-bond donors (Lipinski definition) is 1. The molecule has 0 amide bonds. The highest BCUT2D eigenvalue weighted by Gasteiger charge is 2.20. The monoisotopic (exact) mass is 571 g/mol. The van der Waals surface area contributed by atoms with Gasteiger partial charge in [0, 0.05) is 43.7 Å². The van der Waals surface area contributed by atoms with Crippen LogP contribution in [0.15, 0.2) is 53.9 Å². The van der Waals surface area contributed by atoms with Gasteiger partial charge in [-0.3, -0.25) is 4.79 Å². The van der Waals surface area contributed by atoms with Crippen molar-refractivity contribution >= 4 is 33.0 Å². The van der Waals surface area contributed by atoms with E-state index in [-0.39, 0.29) is 25.1 Å². The molecule has 2 aromatic carbocycles. The van der Waals surface area contributed by atoms with Gasteiger partial charge in [-0.25, -0.2) is 13.4 Å². The van der Waals surface area contributed by atoms with Crippen LogP contribution >= 0.6 is 11.3 Å². The first-order valence-corrected chi connectivity index (χ1v) is 16.1. The van der Waals surface area contributed by atoms with E-state index in [0.717, 1.165) is 17.8 Å². The van der Waals surface area contributed by atoms with Gasteiger partial charge in [-0.05, 0) is 48.4 Å². The van der Waals surface area contributed by atoms with Gasteiger partial charge >= 0.3 is 5.97 Å². The van der Waals surface area contributed by atoms with Gasteiger partial charge in [0.15, 0.2) is 0 Å². The number of sulfonamides is 1. The SMILES string of the molecule is CCCC(CCC)c1ccc(N(C)Cc2ccc(-c3csc(CN(C)S(=O)(=O)CCCC(=O)O)n3)cc2)cc1. The van der Waals surface area contributed by atoms with Gasteiger partial charge in [0.05, 0.1) is 18.0 Å². The zero-order chi connectivity index (χ0) is 28.4. The summed E-state index contributed by atoms with van der Waals surface area (Å²) in [6.07, 6.45) is 4.82. The molecule has 0 atom stereocenters. The van der Waals surface area contributed by atoms with Crippen LogP contribution in [0.2, 0.25) is 0 Å². The lowest BCUT2D eigenvalue weighted by atomic mass is 9.90. The average Bonchev–Trinajstić information content (AvgIpc) is 3.37. The third kappa shape index (κ3) is 9.15. The van der Waals surface area contributed by atoms with Crippen molar-refractivity contribution in [3.63, 3.8) is 0 Å². The van der Waals surface area contributed by atoms with Crippen molar-refractivity contribution in [3.8, 4) is 11.3 Å². The lowest BCUT2D eigenvalue weighted by Crippen LogP contribution is -2.29. The van der Waals surface area contributed by atoms with Crippen LogP contribution < -0.4 is 4.90 Å². The first-order chi connectivity index (χ1) is 18.6. The number of aliphatic carboxylic acids is 1. The van der Waals surface area contributed by atoms with Crippen LogP contribution in [-0.2, 0) is 27.9 Å². The molecule has 0 spiro atoms. The Labute approximate surface area is 237 Å². The fourth-order valence-corrected chi connectivity index (χ4v) is 6.77. The predicted octanol–water partition coefficient (Wildman–Crippen LogP) is 6.76. The molecule has 3 rings (SSSR count). The Morgan fingerprint density at radius 1 is 0.974 bits per heavy atom. The van der Waals surface area contributed by atoms with E-state index < -0.39 is 16.0 Å².